The molecule has 0 aromatic heterocycles. The van der Waals surface area contributed by atoms with Gasteiger partial charge in [0.15, 0.2) is 12.2 Å². The lowest BCUT2D eigenvalue weighted by molar-refractivity contribution is -0.161. The van der Waals surface area contributed by atoms with E-state index in [0.29, 0.717) is 31.6 Å². The summed E-state index contributed by atoms with van der Waals surface area (Å²) < 4.78 is 68.9. The molecule has 0 rings (SSSR count). The second-order valence-corrected chi connectivity index (χ2v) is 35.0. The maximum absolute atomic E-state index is 13.2. The van der Waals surface area contributed by atoms with E-state index in [-0.39, 0.29) is 25.7 Å². The first-order valence-electron chi connectivity index (χ1n) is 45.6. The quantitative estimate of drug-likeness (QED) is 0.0222. The standard InChI is InChI=1S/C88H172O17P2/c1-6-9-12-15-18-21-24-27-30-33-35-36-38-41-44-47-50-53-58-64-69-73-87(92)104-83(77-98-85(90)71-66-61-56-51-48-45-42-40-37-34-31-28-25-22-19-16-13-10-7-2)79-102-106(94,95)100-75-82(89)76-101-107(96,97)103-80-84(78-99-86(91)72-67-62-59-54-55-60-65-70-81(4)5)105-88(93)74-68-63-57-52-49-46-43-39-32-29-26-23-20-17-14-11-8-3/h81-84,89H,6-80H2,1-5H3,(H,94,95)(H,96,97)/t82-,83-,84-/m1/s1. The number of phosphoric acid groups is 2. The van der Waals surface area contributed by atoms with Crippen molar-refractivity contribution in [1.29, 1.82) is 0 Å². The van der Waals surface area contributed by atoms with Gasteiger partial charge in [0.1, 0.15) is 19.3 Å². The zero-order valence-corrected chi connectivity index (χ0v) is 72.1. The van der Waals surface area contributed by atoms with E-state index in [0.717, 1.165) is 96.3 Å². The molecule has 0 fully saturated rings. The minimum Gasteiger partial charge on any atom is -0.462 e. The Morgan fingerprint density at radius 2 is 0.430 bits per heavy atom. The lowest BCUT2D eigenvalue weighted by Crippen LogP contribution is -2.30. The summed E-state index contributed by atoms with van der Waals surface area (Å²) in [5.74, 6) is -1.39. The van der Waals surface area contributed by atoms with Gasteiger partial charge in [0, 0.05) is 25.7 Å². The SMILES string of the molecule is CCCCCCCCCCCCCCCCCCCCCCCC(=O)O[C@H](COC(=O)CCCCCCCCCCCCCCCCCCCCC)COP(=O)(O)OC[C@@H](O)COP(=O)(O)OC[C@@H](COC(=O)CCCCCCCCCC(C)C)OC(=O)CCCCCCCCCCCCCCCCCCC. The Morgan fingerprint density at radius 3 is 0.636 bits per heavy atom. The predicted molar refractivity (Wildman–Crippen MR) is 442 cm³/mol. The lowest BCUT2D eigenvalue weighted by Gasteiger charge is -2.21. The molecule has 0 heterocycles. The number of carbonyl (C=O) groups is 4. The van der Waals surface area contributed by atoms with Crippen LogP contribution in [0.25, 0.3) is 0 Å². The van der Waals surface area contributed by atoms with Crippen LogP contribution in [0.2, 0.25) is 0 Å². The van der Waals surface area contributed by atoms with Crippen molar-refractivity contribution in [2.45, 2.75) is 496 Å². The van der Waals surface area contributed by atoms with Crippen LogP contribution >= 0.6 is 15.6 Å². The second-order valence-electron chi connectivity index (χ2n) is 32.1. The van der Waals surface area contributed by atoms with E-state index in [1.54, 1.807) is 0 Å². The van der Waals surface area contributed by atoms with E-state index in [4.69, 9.17) is 37.0 Å². The summed E-state index contributed by atoms with van der Waals surface area (Å²) in [6, 6.07) is 0. The van der Waals surface area contributed by atoms with Crippen LogP contribution in [0.3, 0.4) is 0 Å². The maximum Gasteiger partial charge on any atom is 0.472 e. The highest BCUT2D eigenvalue weighted by Gasteiger charge is 2.30. The zero-order chi connectivity index (χ0) is 78.3. The molecule has 0 aromatic rings. The number of unbranched alkanes of at least 4 members (excludes halogenated alkanes) is 60. The normalized spacial score (nSPS) is 13.7. The molecule has 3 N–H and O–H groups in total. The van der Waals surface area contributed by atoms with Gasteiger partial charge in [-0.2, -0.15) is 0 Å². The van der Waals surface area contributed by atoms with Crippen LogP contribution in [-0.4, -0.2) is 96.7 Å². The first kappa shape index (κ1) is 105. The summed E-state index contributed by atoms with van der Waals surface area (Å²) in [6.07, 6.45) is 75.2. The van der Waals surface area contributed by atoms with Crippen molar-refractivity contribution >= 4 is 39.5 Å². The van der Waals surface area contributed by atoms with Gasteiger partial charge in [0.05, 0.1) is 26.4 Å². The molecule has 0 aliphatic carbocycles. The van der Waals surface area contributed by atoms with Gasteiger partial charge in [-0.1, -0.05) is 426 Å². The molecule has 2 unspecified atom stereocenters. The molecule has 0 aliphatic rings. The molecule has 107 heavy (non-hydrogen) atoms. The average Bonchev–Trinajstić information content (AvgIpc) is 0.906. The Kier molecular flexibility index (Phi) is 79.2. The smallest absolute Gasteiger partial charge is 0.462 e. The molecular formula is C88H172O17P2. The van der Waals surface area contributed by atoms with Gasteiger partial charge in [-0.05, 0) is 31.6 Å². The Hall–Kier alpha value is -1.94. The first-order valence-corrected chi connectivity index (χ1v) is 48.6. The topological polar surface area (TPSA) is 237 Å². The molecule has 0 spiro atoms. The molecule has 19 heteroatoms. The number of aliphatic hydroxyl groups is 1. The van der Waals surface area contributed by atoms with Crippen molar-refractivity contribution in [3.8, 4) is 0 Å². The Morgan fingerprint density at radius 1 is 0.252 bits per heavy atom. The van der Waals surface area contributed by atoms with Gasteiger partial charge < -0.3 is 33.8 Å². The Balaban J connectivity index is 5.22. The number of hydrogen-bond acceptors (Lipinski definition) is 15. The monoisotopic (exact) mass is 1560 g/mol. The highest BCUT2D eigenvalue weighted by molar-refractivity contribution is 7.47. The molecule has 0 bridgehead atoms. The van der Waals surface area contributed by atoms with Crippen molar-refractivity contribution in [2.75, 3.05) is 39.6 Å². The van der Waals surface area contributed by atoms with Crippen LogP contribution in [0, 0.1) is 5.92 Å². The van der Waals surface area contributed by atoms with E-state index in [1.165, 1.54) is 295 Å². The van der Waals surface area contributed by atoms with E-state index in [9.17, 15) is 43.2 Å². The van der Waals surface area contributed by atoms with Crippen molar-refractivity contribution in [1.82, 2.24) is 0 Å². The number of aliphatic hydroxyl groups excluding tert-OH is 1. The van der Waals surface area contributed by atoms with Crippen LogP contribution < -0.4 is 0 Å². The molecular weight excluding hydrogens is 1390 g/mol. The number of hydrogen-bond donors (Lipinski definition) is 3. The van der Waals surface area contributed by atoms with Gasteiger partial charge in [-0.3, -0.25) is 37.3 Å². The fraction of sp³-hybridized carbons (Fsp3) is 0.955. The van der Waals surface area contributed by atoms with E-state index >= 15 is 0 Å². The largest absolute Gasteiger partial charge is 0.472 e. The number of esters is 4. The van der Waals surface area contributed by atoms with Gasteiger partial charge in [-0.15, -0.1) is 0 Å². The third kappa shape index (κ3) is 81.9. The second kappa shape index (κ2) is 80.7. The molecule has 5 atom stereocenters. The predicted octanol–water partition coefficient (Wildman–Crippen LogP) is 27.2. The van der Waals surface area contributed by atoms with Crippen LogP contribution in [-0.2, 0) is 65.4 Å². The molecule has 0 aromatic carbocycles. The van der Waals surface area contributed by atoms with Gasteiger partial charge in [0.2, 0.25) is 0 Å². The highest BCUT2D eigenvalue weighted by atomic mass is 31.2. The molecule has 636 valence electrons. The Bertz CT molecular complexity index is 2030. The van der Waals surface area contributed by atoms with E-state index < -0.39 is 97.5 Å². The van der Waals surface area contributed by atoms with Gasteiger partial charge in [-0.25, -0.2) is 9.13 Å². The van der Waals surface area contributed by atoms with Crippen molar-refractivity contribution in [2.24, 2.45) is 5.92 Å². The maximum atomic E-state index is 13.2. The van der Waals surface area contributed by atoms with E-state index in [1.807, 2.05) is 0 Å². The molecule has 0 aliphatic heterocycles. The molecule has 0 saturated carbocycles. The fourth-order valence-corrected chi connectivity index (χ4v) is 15.4. The molecule has 0 radical (unpaired) electrons. The summed E-state index contributed by atoms with van der Waals surface area (Å²) in [4.78, 5) is 73.3. The molecule has 17 nitrogen and oxygen atoms in total. The third-order valence-corrected chi connectivity index (χ3v) is 22.7. The third-order valence-electron chi connectivity index (χ3n) is 20.8. The zero-order valence-electron chi connectivity index (χ0n) is 70.3. The van der Waals surface area contributed by atoms with Crippen LogP contribution in [0.1, 0.15) is 478 Å². The number of phosphoric ester groups is 2. The summed E-state index contributed by atoms with van der Waals surface area (Å²) in [5.41, 5.74) is 0. The molecule has 0 amide bonds. The summed E-state index contributed by atoms with van der Waals surface area (Å²) in [6.45, 7) is 7.32. The Labute approximate surface area is 658 Å². The number of carbonyl (C=O) groups excluding carboxylic acids is 4. The summed E-state index contributed by atoms with van der Waals surface area (Å²) in [7, 11) is -9.93. The van der Waals surface area contributed by atoms with Crippen LogP contribution in [0.15, 0.2) is 0 Å². The average molecular weight is 1560 g/mol. The van der Waals surface area contributed by atoms with Crippen molar-refractivity contribution in [3.05, 3.63) is 0 Å². The minimum absolute atomic E-state index is 0.108. The van der Waals surface area contributed by atoms with Crippen LogP contribution in [0.5, 0.6) is 0 Å². The summed E-state index contributed by atoms with van der Waals surface area (Å²) in [5, 5.41) is 10.7. The van der Waals surface area contributed by atoms with Crippen molar-refractivity contribution in [3.63, 3.8) is 0 Å². The minimum atomic E-state index is -4.97. The summed E-state index contributed by atoms with van der Waals surface area (Å²) >= 11 is 0. The van der Waals surface area contributed by atoms with Gasteiger partial charge >= 0.3 is 39.5 Å². The van der Waals surface area contributed by atoms with Crippen molar-refractivity contribution < 1.29 is 80.2 Å². The first-order chi connectivity index (χ1) is 52.0. The van der Waals surface area contributed by atoms with Gasteiger partial charge in [0.25, 0.3) is 0 Å². The lowest BCUT2D eigenvalue weighted by atomic mass is 10.0. The fourth-order valence-electron chi connectivity index (χ4n) is 13.8. The molecule has 0 saturated heterocycles. The highest BCUT2D eigenvalue weighted by Crippen LogP contribution is 2.45. The number of ether oxygens (including phenoxy) is 4. The van der Waals surface area contributed by atoms with E-state index in [2.05, 4.69) is 34.6 Å². The van der Waals surface area contributed by atoms with Crippen LogP contribution in [0.4, 0.5) is 0 Å². The number of rotatable bonds is 88.